The van der Waals surface area contributed by atoms with Gasteiger partial charge in [-0.15, -0.1) is 0 Å². The van der Waals surface area contributed by atoms with Crippen LogP contribution in [0.5, 0.6) is 11.5 Å². The summed E-state index contributed by atoms with van der Waals surface area (Å²) in [6.45, 7) is 2.92. The van der Waals surface area contributed by atoms with E-state index < -0.39 is 0 Å². The van der Waals surface area contributed by atoms with Crippen LogP contribution < -0.4 is 10.1 Å². The van der Waals surface area contributed by atoms with E-state index in [4.69, 9.17) is 4.74 Å². The maximum atomic E-state index is 12.9. The van der Waals surface area contributed by atoms with Gasteiger partial charge in [0.05, 0.1) is 12.1 Å². The predicted molar refractivity (Wildman–Crippen MR) is 99.4 cm³/mol. The van der Waals surface area contributed by atoms with Crippen molar-refractivity contribution in [2.75, 3.05) is 39.8 Å². The molecule has 0 unspecified atom stereocenters. The summed E-state index contributed by atoms with van der Waals surface area (Å²) in [5.41, 5.74) is 0.552. The second kappa shape index (κ2) is 8.49. The number of nitrogens with zero attached hydrogens (tertiary/aromatic N) is 2. The third kappa shape index (κ3) is 4.40. The largest absolute Gasteiger partial charge is 0.457 e. The highest BCUT2D eigenvalue weighted by Gasteiger charge is 2.25. The van der Waals surface area contributed by atoms with Gasteiger partial charge in [-0.05, 0) is 24.3 Å². The van der Waals surface area contributed by atoms with Gasteiger partial charge >= 0.3 is 0 Å². The van der Waals surface area contributed by atoms with Crippen molar-refractivity contribution in [3.8, 4) is 11.5 Å². The fraction of sp³-hybridized carbons (Fsp3) is 0.300. The number of para-hydroxylation sites is 2. The Morgan fingerprint density at radius 3 is 2.31 bits per heavy atom. The Balaban J connectivity index is 1.66. The molecule has 1 fully saturated rings. The summed E-state index contributed by atoms with van der Waals surface area (Å²) in [6.07, 6.45) is 0. The molecule has 0 atom stereocenters. The van der Waals surface area contributed by atoms with Gasteiger partial charge < -0.3 is 15.0 Å². The molecule has 26 heavy (non-hydrogen) atoms. The van der Waals surface area contributed by atoms with E-state index >= 15 is 0 Å². The summed E-state index contributed by atoms with van der Waals surface area (Å²) >= 11 is 0. The van der Waals surface area contributed by atoms with E-state index in [0.29, 0.717) is 49.8 Å². The van der Waals surface area contributed by atoms with Crippen LogP contribution >= 0.6 is 0 Å². The smallest absolute Gasteiger partial charge is 0.257 e. The Morgan fingerprint density at radius 2 is 1.62 bits per heavy atom. The van der Waals surface area contributed by atoms with Crippen molar-refractivity contribution >= 4 is 11.8 Å². The first kappa shape index (κ1) is 17.9. The number of ether oxygens (including phenoxy) is 1. The van der Waals surface area contributed by atoms with Crippen LogP contribution in [-0.4, -0.2) is 61.4 Å². The molecule has 1 heterocycles. The molecule has 0 aliphatic carbocycles. The molecular formula is C20H23N3O3. The number of piperazine rings is 1. The minimum Gasteiger partial charge on any atom is -0.457 e. The van der Waals surface area contributed by atoms with Crippen molar-refractivity contribution in [1.29, 1.82) is 0 Å². The Hall–Kier alpha value is -2.86. The summed E-state index contributed by atoms with van der Waals surface area (Å²) in [7, 11) is 1.63. The number of hydrogen-bond donors (Lipinski definition) is 1. The number of carbonyl (C=O) groups is 2. The monoisotopic (exact) mass is 353 g/mol. The van der Waals surface area contributed by atoms with E-state index in [9.17, 15) is 9.59 Å². The molecule has 0 spiro atoms. The number of carbonyl (C=O) groups excluding carboxylic acids is 2. The average molecular weight is 353 g/mol. The van der Waals surface area contributed by atoms with Gasteiger partial charge in [0.25, 0.3) is 5.91 Å². The molecule has 1 saturated heterocycles. The summed E-state index contributed by atoms with van der Waals surface area (Å²) in [6, 6.07) is 16.7. The number of hydrogen-bond acceptors (Lipinski definition) is 4. The Kier molecular flexibility index (Phi) is 5.86. The minimum absolute atomic E-state index is 0.00798. The fourth-order valence-corrected chi connectivity index (χ4v) is 2.91. The molecular weight excluding hydrogens is 330 g/mol. The second-order valence-corrected chi connectivity index (χ2v) is 6.15. The predicted octanol–water partition coefficient (Wildman–Crippen LogP) is 1.98. The lowest BCUT2D eigenvalue weighted by atomic mass is 10.1. The number of likely N-dealkylation sites (N-methyl/N-ethyl adjacent to an activating group) is 1. The molecule has 2 amide bonds. The summed E-state index contributed by atoms with van der Waals surface area (Å²) in [5.74, 6) is 1.20. The van der Waals surface area contributed by atoms with Gasteiger partial charge in [0, 0.05) is 33.2 Å². The lowest BCUT2D eigenvalue weighted by molar-refractivity contribution is -0.122. The highest BCUT2D eigenvalue weighted by molar-refractivity contribution is 5.97. The van der Waals surface area contributed by atoms with Crippen molar-refractivity contribution in [2.45, 2.75) is 0 Å². The van der Waals surface area contributed by atoms with E-state index in [-0.39, 0.29) is 11.8 Å². The van der Waals surface area contributed by atoms with Gasteiger partial charge in [0.15, 0.2) is 0 Å². The van der Waals surface area contributed by atoms with Crippen molar-refractivity contribution < 1.29 is 14.3 Å². The van der Waals surface area contributed by atoms with E-state index in [1.165, 1.54) is 0 Å². The topological polar surface area (TPSA) is 61.9 Å². The quantitative estimate of drug-likeness (QED) is 0.893. The van der Waals surface area contributed by atoms with Crippen LogP contribution in [0.2, 0.25) is 0 Å². The van der Waals surface area contributed by atoms with Gasteiger partial charge in [-0.25, -0.2) is 0 Å². The zero-order chi connectivity index (χ0) is 18.4. The number of rotatable bonds is 5. The third-order valence-corrected chi connectivity index (χ3v) is 4.39. The molecule has 136 valence electrons. The van der Waals surface area contributed by atoms with Crippen LogP contribution in [-0.2, 0) is 4.79 Å². The molecule has 2 aromatic rings. The van der Waals surface area contributed by atoms with Gasteiger partial charge in [0.2, 0.25) is 5.91 Å². The Bertz CT molecular complexity index is 756. The first-order valence-corrected chi connectivity index (χ1v) is 8.71. The van der Waals surface area contributed by atoms with Gasteiger partial charge in [0.1, 0.15) is 11.5 Å². The van der Waals surface area contributed by atoms with Crippen LogP contribution in [0, 0.1) is 0 Å². The SMILES string of the molecule is CNC(=O)CN1CCN(C(=O)c2ccccc2Oc2ccccc2)CC1. The normalized spacial score (nSPS) is 14.7. The van der Waals surface area contributed by atoms with E-state index in [1.807, 2.05) is 53.4 Å². The molecule has 0 aromatic heterocycles. The zero-order valence-electron chi connectivity index (χ0n) is 14.9. The number of benzene rings is 2. The van der Waals surface area contributed by atoms with Crippen LogP contribution in [0.25, 0.3) is 0 Å². The Morgan fingerprint density at radius 1 is 0.962 bits per heavy atom. The standard InChI is InChI=1S/C20H23N3O3/c1-21-19(24)15-22-11-13-23(14-12-22)20(25)17-9-5-6-10-18(17)26-16-7-3-2-4-8-16/h2-10H,11-15H2,1H3,(H,21,24). The molecule has 1 N–H and O–H groups in total. The highest BCUT2D eigenvalue weighted by Crippen LogP contribution is 2.26. The van der Waals surface area contributed by atoms with Gasteiger partial charge in [-0.1, -0.05) is 30.3 Å². The first-order valence-electron chi connectivity index (χ1n) is 8.71. The summed E-state index contributed by atoms with van der Waals surface area (Å²) in [5, 5.41) is 2.63. The van der Waals surface area contributed by atoms with Crippen LogP contribution in [0.3, 0.4) is 0 Å². The Labute approximate surface area is 153 Å². The van der Waals surface area contributed by atoms with Gasteiger partial charge in [-0.2, -0.15) is 0 Å². The van der Waals surface area contributed by atoms with Crippen molar-refractivity contribution in [3.63, 3.8) is 0 Å². The van der Waals surface area contributed by atoms with Crippen molar-refractivity contribution in [1.82, 2.24) is 15.1 Å². The average Bonchev–Trinajstić information content (AvgIpc) is 2.69. The molecule has 0 saturated carbocycles. The van der Waals surface area contributed by atoms with E-state index in [0.717, 1.165) is 0 Å². The maximum Gasteiger partial charge on any atom is 0.257 e. The maximum absolute atomic E-state index is 12.9. The fourth-order valence-electron chi connectivity index (χ4n) is 2.91. The summed E-state index contributed by atoms with van der Waals surface area (Å²) in [4.78, 5) is 28.3. The molecule has 1 aliphatic heterocycles. The summed E-state index contributed by atoms with van der Waals surface area (Å²) < 4.78 is 5.90. The zero-order valence-corrected chi connectivity index (χ0v) is 14.9. The van der Waals surface area contributed by atoms with Crippen molar-refractivity contribution in [3.05, 3.63) is 60.2 Å². The molecule has 0 radical (unpaired) electrons. The third-order valence-electron chi connectivity index (χ3n) is 4.39. The second-order valence-electron chi connectivity index (χ2n) is 6.15. The van der Waals surface area contributed by atoms with Crippen LogP contribution in [0.4, 0.5) is 0 Å². The van der Waals surface area contributed by atoms with Gasteiger partial charge in [-0.3, -0.25) is 14.5 Å². The molecule has 6 nitrogen and oxygen atoms in total. The number of amides is 2. The van der Waals surface area contributed by atoms with Crippen LogP contribution in [0.15, 0.2) is 54.6 Å². The van der Waals surface area contributed by atoms with Crippen LogP contribution in [0.1, 0.15) is 10.4 Å². The highest BCUT2D eigenvalue weighted by atomic mass is 16.5. The minimum atomic E-state index is -0.0453. The molecule has 6 heteroatoms. The molecule has 2 aromatic carbocycles. The molecule has 0 bridgehead atoms. The molecule has 1 aliphatic rings. The van der Waals surface area contributed by atoms with Crippen molar-refractivity contribution in [2.24, 2.45) is 0 Å². The molecule has 3 rings (SSSR count). The first-order chi connectivity index (χ1) is 12.7. The van der Waals surface area contributed by atoms with E-state index in [2.05, 4.69) is 10.2 Å². The lowest BCUT2D eigenvalue weighted by Gasteiger charge is -2.34. The van der Waals surface area contributed by atoms with E-state index in [1.54, 1.807) is 13.1 Å². The number of nitrogens with one attached hydrogen (secondary N) is 1. The lowest BCUT2D eigenvalue weighted by Crippen LogP contribution is -2.50.